The molecular weight excluding hydrogens is 333 g/mol. The minimum absolute atomic E-state index is 0.0963. The van der Waals surface area contributed by atoms with E-state index < -0.39 is 11.7 Å². The van der Waals surface area contributed by atoms with Crippen LogP contribution in [-0.4, -0.2) is 20.2 Å². The van der Waals surface area contributed by atoms with Gasteiger partial charge in [-0.25, -0.2) is 0 Å². The average molecular weight is 346 g/mol. The van der Waals surface area contributed by atoms with E-state index in [1.54, 1.807) is 12.4 Å². The van der Waals surface area contributed by atoms with Crippen molar-refractivity contribution in [1.82, 2.24) is 20.2 Å². The Morgan fingerprint density at radius 1 is 1.04 bits per heavy atom. The summed E-state index contributed by atoms with van der Waals surface area (Å²) in [6, 6.07) is 8.49. The lowest BCUT2D eigenvalue weighted by Crippen LogP contribution is -2.07. The van der Waals surface area contributed by atoms with Crippen LogP contribution in [0.15, 0.2) is 55.0 Å². The van der Waals surface area contributed by atoms with Crippen molar-refractivity contribution in [3.63, 3.8) is 0 Å². The second kappa shape index (κ2) is 7.12. The maximum atomic E-state index is 12.7. The maximum absolute atomic E-state index is 12.7. The molecule has 0 unspecified atom stereocenters. The number of rotatable bonds is 5. The van der Waals surface area contributed by atoms with E-state index in [1.165, 1.54) is 18.3 Å². The van der Waals surface area contributed by atoms with Gasteiger partial charge in [0, 0.05) is 24.6 Å². The van der Waals surface area contributed by atoms with Gasteiger partial charge in [-0.1, -0.05) is 6.07 Å². The normalized spacial score (nSPS) is 11.2. The van der Waals surface area contributed by atoms with Crippen LogP contribution in [0, 0.1) is 0 Å². The number of hydrogen-bond donors (Lipinski definition) is 2. The van der Waals surface area contributed by atoms with E-state index in [-0.39, 0.29) is 11.6 Å². The number of pyridine rings is 1. The Morgan fingerprint density at radius 2 is 1.84 bits per heavy atom. The zero-order chi connectivity index (χ0) is 17.7. The van der Waals surface area contributed by atoms with Crippen LogP contribution in [0.3, 0.4) is 0 Å². The first-order valence-corrected chi connectivity index (χ1v) is 7.27. The Hall–Kier alpha value is -3.23. The van der Waals surface area contributed by atoms with Crippen LogP contribution in [0.2, 0.25) is 0 Å². The van der Waals surface area contributed by atoms with Gasteiger partial charge in [0.25, 0.3) is 0 Å². The zero-order valence-corrected chi connectivity index (χ0v) is 12.8. The summed E-state index contributed by atoms with van der Waals surface area (Å²) >= 11 is 0. The van der Waals surface area contributed by atoms with Gasteiger partial charge in [-0.15, -0.1) is 5.10 Å². The molecule has 0 saturated carbocycles. The maximum Gasteiger partial charge on any atom is 0.416 e. The largest absolute Gasteiger partial charge is 0.416 e. The number of hydrogen-bond acceptors (Lipinski definition) is 6. The molecule has 25 heavy (non-hydrogen) atoms. The summed E-state index contributed by atoms with van der Waals surface area (Å²) in [5.74, 6) is 0.542. The van der Waals surface area contributed by atoms with E-state index in [9.17, 15) is 13.2 Å². The number of alkyl halides is 3. The van der Waals surface area contributed by atoms with Gasteiger partial charge in [-0.05, 0) is 35.9 Å². The monoisotopic (exact) mass is 346 g/mol. The lowest BCUT2D eigenvalue weighted by Gasteiger charge is -2.10. The van der Waals surface area contributed by atoms with Crippen LogP contribution in [0.4, 0.5) is 30.6 Å². The Bertz CT molecular complexity index is 839. The first-order chi connectivity index (χ1) is 12.0. The van der Waals surface area contributed by atoms with E-state index >= 15 is 0 Å². The van der Waals surface area contributed by atoms with Gasteiger partial charge >= 0.3 is 6.18 Å². The molecule has 0 aliphatic carbocycles. The predicted molar refractivity (Wildman–Crippen MR) is 86.1 cm³/mol. The summed E-state index contributed by atoms with van der Waals surface area (Å²) < 4.78 is 38.2. The molecule has 6 nitrogen and oxygen atoms in total. The van der Waals surface area contributed by atoms with Crippen molar-refractivity contribution in [3.8, 4) is 0 Å². The molecular formula is C16H13F3N6. The van der Waals surface area contributed by atoms with Gasteiger partial charge in [0.05, 0.1) is 11.8 Å². The number of halogens is 3. The quantitative estimate of drug-likeness (QED) is 0.735. The molecule has 0 atom stereocenters. The molecule has 0 saturated heterocycles. The first kappa shape index (κ1) is 16.6. The number of benzene rings is 1. The molecule has 2 aromatic heterocycles. The lowest BCUT2D eigenvalue weighted by molar-refractivity contribution is -0.137. The second-order valence-electron chi connectivity index (χ2n) is 5.08. The van der Waals surface area contributed by atoms with Gasteiger partial charge in [-0.2, -0.15) is 23.3 Å². The summed E-state index contributed by atoms with van der Waals surface area (Å²) in [5.41, 5.74) is 0.473. The summed E-state index contributed by atoms with van der Waals surface area (Å²) in [6.07, 6.45) is 0.370. The fraction of sp³-hybridized carbons (Fsp3) is 0.125. The molecule has 9 heteroatoms. The topological polar surface area (TPSA) is 75.6 Å². The lowest BCUT2D eigenvalue weighted by atomic mass is 10.2. The fourth-order valence-electron chi connectivity index (χ4n) is 2.04. The van der Waals surface area contributed by atoms with Gasteiger partial charge in [0.2, 0.25) is 5.95 Å². The molecule has 0 amide bonds. The van der Waals surface area contributed by atoms with E-state index in [4.69, 9.17) is 0 Å². The minimum atomic E-state index is -4.41. The molecule has 0 aliphatic heterocycles. The highest BCUT2D eigenvalue weighted by Gasteiger charge is 2.30. The van der Waals surface area contributed by atoms with Gasteiger partial charge in [-0.3, -0.25) is 4.98 Å². The smallest absolute Gasteiger partial charge is 0.365 e. The summed E-state index contributed by atoms with van der Waals surface area (Å²) in [5, 5.41) is 13.4. The van der Waals surface area contributed by atoms with Crippen LogP contribution in [-0.2, 0) is 12.7 Å². The number of nitrogens with one attached hydrogen (secondary N) is 2. The molecule has 2 N–H and O–H groups in total. The number of anilines is 3. The summed E-state index contributed by atoms with van der Waals surface area (Å²) in [7, 11) is 0. The van der Waals surface area contributed by atoms with Crippen molar-refractivity contribution in [2.45, 2.75) is 12.7 Å². The van der Waals surface area contributed by atoms with E-state index in [2.05, 4.69) is 30.8 Å². The first-order valence-electron chi connectivity index (χ1n) is 7.27. The molecule has 128 valence electrons. The molecule has 0 fully saturated rings. The van der Waals surface area contributed by atoms with Crippen molar-refractivity contribution >= 4 is 17.5 Å². The number of nitrogens with zero attached hydrogens (tertiary/aromatic N) is 4. The molecule has 0 aliphatic rings. The number of aromatic nitrogens is 4. The third-order valence-corrected chi connectivity index (χ3v) is 3.23. The van der Waals surface area contributed by atoms with Crippen LogP contribution in [0.1, 0.15) is 11.1 Å². The average Bonchev–Trinajstić information content (AvgIpc) is 2.61. The van der Waals surface area contributed by atoms with Crippen LogP contribution < -0.4 is 10.6 Å². The highest BCUT2D eigenvalue weighted by molar-refractivity contribution is 5.55. The van der Waals surface area contributed by atoms with E-state index in [0.29, 0.717) is 12.4 Å². The van der Waals surface area contributed by atoms with E-state index in [1.807, 2.05) is 12.1 Å². The second-order valence-corrected chi connectivity index (χ2v) is 5.08. The van der Waals surface area contributed by atoms with Crippen LogP contribution in [0.25, 0.3) is 0 Å². The van der Waals surface area contributed by atoms with Crippen molar-refractivity contribution in [2.24, 2.45) is 0 Å². The van der Waals surface area contributed by atoms with E-state index in [0.717, 1.165) is 17.7 Å². The molecule has 0 bridgehead atoms. The molecule has 3 aromatic rings. The van der Waals surface area contributed by atoms with Crippen LogP contribution >= 0.6 is 0 Å². The van der Waals surface area contributed by atoms with Crippen molar-refractivity contribution < 1.29 is 13.2 Å². The predicted octanol–water partition coefficient (Wildman–Crippen LogP) is 3.64. The fourth-order valence-corrected chi connectivity index (χ4v) is 2.04. The van der Waals surface area contributed by atoms with Gasteiger partial charge in [0.15, 0.2) is 5.82 Å². The Kier molecular flexibility index (Phi) is 4.73. The molecule has 1 aromatic carbocycles. The van der Waals surface area contributed by atoms with Crippen molar-refractivity contribution in [3.05, 3.63) is 66.1 Å². The minimum Gasteiger partial charge on any atom is -0.365 e. The summed E-state index contributed by atoms with van der Waals surface area (Å²) in [4.78, 5) is 8.11. The molecule has 3 rings (SSSR count). The Balaban J connectivity index is 1.69. The van der Waals surface area contributed by atoms with Gasteiger partial charge in [0.1, 0.15) is 0 Å². The third-order valence-electron chi connectivity index (χ3n) is 3.23. The Labute approximate surface area is 141 Å². The van der Waals surface area contributed by atoms with Crippen LogP contribution in [0.5, 0.6) is 0 Å². The molecule has 0 spiro atoms. The molecule has 0 radical (unpaired) electrons. The molecule has 2 heterocycles. The SMILES string of the molecule is FC(F)(F)c1cccc(Nc2nncc(NCc3ccncc3)n2)c1. The zero-order valence-electron chi connectivity index (χ0n) is 12.8. The Morgan fingerprint density at radius 3 is 2.60 bits per heavy atom. The highest BCUT2D eigenvalue weighted by atomic mass is 19.4. The van der Waals surface area contributed by atoms with Gasteiger partial charge < -0.3 is 10.6 Å². The highest BCUT2D eigenvalue weighted by Crippen LogP contribution is 2.31. The third kappa shape index (κ3) is 4.63. The standard InChI is InChI=1S/C16H13F3N6/c17-16(18,19)12-2-1-3-13(8-12)23-15-24-14(10-22-25-15)21-9-11-4-6-20-7-5-11/h1-8,10H,9H2,(H2,21,23,24,25). The van der Waals surface area contributed by atoms with Crippen molar-refractivity contribution in [2.75, 3.05) is 10.6 Å². The van der Waals surface area contributed by atoms with Crippen molar-refractivity contribution in [1.29, 1.82) is 0 Å². The summed E-state index contributed by atoms with van der Waals surface area (Å²) in [6.45, 7) is 0.504.